The maximum atomic E-state index is 5.76. The van der Waals surface area contributed by atoms with Crippen molar-refractivity contribution in [1.82, 2.24) is 29.7 Å². The van der Waals surface area contributed by atoms with Crippen molar-refractivity contribution < 1.29 is 4.42 Å². The van der Waals surface area contributed by atoms with Crippen LogP contribution in [-0.2, 0) is 12.3 Å². The van der Waals surface area contributed by atoms with Gasteiger partial charge in [0.05, 0.1) is 12.0 Å². The summed E-state index contributed by atoms with van der Waals surface area (Å²) in [5.74, 6) is 3.08. The Labute approximate surface area is 149 Å². The maximum Gasteiger partial charge on any atom is 0.229 e. The average Bonchev–Trinajstić information content (AvgIpc) is 3.22. The molecular weight excluding hydrogens is 340 g/mol. The van der Waals surface area contributed by atoms with E-state index >= 15 is 0 Å². The van der Waals surface area contributed by atoms with Gasteiger partial charge in [-0.05, 0) is 12.1 Å². The molecule has 0 unspecified atom stereocenters. The fourth-order valence-electron chi connectivity index (χ4n) is 2.10. The van der Waals surface area contributed by atoms with Crippen molar-refractivity contribution in [2.45, 2.75) is 17.5 Å². The second kappa shape index (κ2) is 7.34. The van der Waals surface area contributed by atoms with E-state index in [1.807, 2.05) is 30.8 Å². The Hall–Kier alpha value is -2.88. The summed E-state index contributed by atoms with van der Waals surface area (Å²) in [6, 6.07) is 3.65. The van der Waals surface area contributed by atoms with Gasteiger partial charge in [-0.3, -0.25) is 4.57 Å². The van der Waals surface area contributed by atoms with Gasteiger partial charge in [0.25, 0.3) is 0 Å². The molecule has 25 heavy (non-hydrogen) atoms. The van der Waals surface area contributed by atoms with Crippen LogP contribution in [0.15, 0.2) is 40.6 Å². The predicted molar refractivity (Wildman–Crippen MR) is 96.0 cm³/mol. The number of hydrogen-bond acceptors (Lipinski definition) is 9. The van der Waals surface area contributed by atoms with Gasteiger partial charge in [-0.2, -0.15) is 15.0 Å². The average molecular weight is 358 g/mol. The normalized spacial score (nSPS) is 10.8. The number of furan rings is 1. The Bertz CT molecular complexity index is 859. The van der Waals surface area contributed by atoms with Crippen LogP contribution in [0.25, 0.3) is 11.6 Å². The van der Waals surface area contributed by atoms with Crippen molar-refractivity contribution in [3.63, 3.8) is 0 Å². The molecule has 0 saturated carbocycles. The van der Waals surface area contributed by atoms with Crippen LogP contribution in [0.2, 0.25) is 0 Å². The number of aromatic nitrogens is 6. The third-order valence-corrected chi connectivity index (χ3v) is 4.15. The number of rotatable bonds is 7. The summed E-state index contributed by atoms with van der Waals surface area (Å²) >= 11 is 1.46. The highest BCUT2D eigenvalue weighted by molar-refractivity contribution is 7.98. The standard InChI is InChI=1S/C15H18N8OS/c1-4-7-23-12(10-6-5-8-24-10)20-21-15(23)25-9-11-17-13(16)19-14(18-11)22(2)3/h4-6,8H,1,7,9H2,2-3H3,(H2,16,17,18,19). The van der Waals surface area contributed by atoms with E-state index in [1.54, 1.807) is 17.2 Å². The molecule has 130 valence electrons. The highest BCUT2D eigenvalue weighted by Gasteiger charge is 2.16. The van der Waals surface area contributed by atoms with Crippen molar-refractivity contribution in [2.75, 3.05) is 24.7 Å². The molecule has 0 aliphatic heterocycles. The van der Waals surface area contributed by atoms with Gasteiger partial charge < -0.3 is 15.1 Å². The van der Waals surface area contributed by atoms with Crippen molar-refractivity contribution in [3.05, 3.63) is 36.9 Å². The molecule has 0 aliphatic rings. The lowest BCUT2D eigenvalue weighted by atomic mass is 10.4. The highest BCUT2D eigenvalue weighted by Crippen LogP contribution is 2.26. The fraction of sp³-hybridized carbons (Fsp3) is 0.267. The van der Waals surface area contributed by atoms with Gasteiger partial charge in [-0.1, -0.05) is 17.8 Å². The Morgan fingerprint density at radius 3 is 2.84 bits per heavy atom. The van der Waals surface area contributed by atoms with Crippen molar-refractivity contribution >= 4 is 23.7 Å². The van der Waals surface area contributed by atoms with Crippen LogP contribution in [0.5, 0.6) is 0 Å². The number of nitrogens with zero attached hydrogens (tertiary/aromatic N) is 7. The van der Waals surface area contributed by atoms with E-state index in [0.717, 1.165) is 5.16 Å². The molecule has 0 saturated heterocycles. The number of hydrogen-bond donors (Lipinski definition) is 1. The predicted octanol–water partition coefficient (Wildman–Crippen LogP) is 1.85. The smallest absolute Gasteiger partial charge is 0.229 e. The van der Waals surface area contributed by atoms with E-state index in [2.05, 4.69) is 31.7 Å². The third kappa shape index (κ3) is 3.79. The molecule has 0 radical (unpaired) electrons. The fourth-order valence-corrected chi connectivity index (χ4v) is 2.90. The van der Waals surface area contributed by atoms with Gasteiger partial charge in [0.1, 0.15) is 5.82 Å². The van der Waals surface area contributed by atoms with Crippen LogP contribution in [0, 0.1) is 0 Å². The minimum atomic E-state index is 0.193. The maximum absolute atomic E-state index is 5.76. The molecule has 0 atom stereocenters. The second-order valence-corrected chi connectivity index (χ2v) is 6.22. The van der Waals surface area contributed by atoms with Crippen LogP contribution in [-0.4, -0.2) is 43.8 Å². The van der Waals surface area contributed by atoms with E-state index in [9.17, 15) is 0 Å². The van der Waals surface area contributed by atoms with E-state index in [4.69, 9.17) is 10.2 Å². The van der Waals surface area contributed by atoms with E-state index in [-0.39, 0.29) is 5.95 Å². The first-order valence-corrected chi connectivity index (χ1v) is 8.45. The Morgan fingerprint density at radius 1 is 1.32 bits per heavy atom. The minimum Gasteiger partial charge on any atom is -0.461 e. The van der Waals surface area contributed by atoms with Gasteiger partial charge in [-0.15, -0.1) is 16.8 Å². The Balaban J connectivity index is 1.83. The molecule has 2 N–H and O–H groups in total. The number of anilines is 2. The van der Waals surface area contributed by atoms with Crippen LogP contribution in [0.3, 0.4) is 0 Å². The number of nitrogens with two attached hydrogens (primary N) is 1. The highest BCUT2D eigenvalue weighted by atomic mass is 32.2. The molecule has 0 aromatic carbocycles. The van der Waals surface area contributed by atoms with E-state index < -0.39 is 0 Å². The summed E-state index contributed by atoms with van der Waals surface area (Å²) < 4.78 is 7.34. The van der Waals surface area contributed by atoms with Gasteiger partial charge in [-0.25, -0.2) is 0 Å². The Morgan fingerprint density at radius 2 is 2.16 bits per heavy atom. The molecule has 0 fully saturated rings. The van der Waals surface area contributed by atoms with Crippen LogP contribution in [0.1, 0.15) is 5.82 Å². The SMILES string of the molecule is C=CCn1c(SCc2nc(N)nc(N(C)C)n2)nnc1-c1ccco1. The first-order chi connectivity index (χ1) is 12.1. The molecule has 0 bridgehead atoms. The molecular formula is C15H18N8OS. The van der Waals surface area contributed by atoms with Crippen molar-refractivity contribution in [1.29, 1.82) is 0 Å². The van der Waals surface area contributed by atoms with Crippen molar-refractivity contribution in [3.8, 4) is 11.6 Å². The third-order valence-electron chi connectivity index (χ3n) is 3.19. The zero-order valence-corrected chi connectivity index (χ0v) is 14.8. The number of thioether (sulfide) groups is 1. The van der Waals surface area contributed by atoms with Gasteiger partial charge in [0.15, 0.2) is 10.9 Å². The van der Waals surface area contributed by atoms with Gasteiger partial charge >= 0.3 is 0 Å². The van der Waals surface area contributed by atoms with Gasteiger partial charge in [0.2, 0.25) is 17.7 Å². The van der Waals surface area contributed by atoms with E-state index in [1.165, 1.54) is 11.8 Å². The molecule has 9 nitrogen and oxygen atoms in total. The van der Waals surface area contributed by atoms with Crippen LogP contribution < -0.4 is 10.6 Å². The van der Waals surface area contributed by atoms with Crippen molar-refractivity contribution in [2.24, 2.45) is 0 Å². The van der Waals surface area contributed by atoms with E-state index in [0.29, 0.717) is 35.7 Å². The summed E-state index contributed by atoms with van der Waals surface area (Å²) in [6.45, 7) is 4.35. The lowest BCUT2D eigenvalue weighted by Gasteiger charge is -2.11. The lowest BCUT2D eigenvalue weighted by molar-refractivity contribution is 0.569. The summed E-state index contributed by atoms with van der Waals surface area (Å²) in [5, 5.41) is 9.18. The first-order valence-electron chi connectivity index (χ1n) is 7.47. The molecule has 0 aliphatic carbocycles. The molecule has 0 spiro atoms. The number of allylic oxidation sites excluding steroid dienone is 1. The first kappa shape index (κ1) is 17.0. The number of nitrogen functional groups attached to an aromatic ring is 1. The molecule has 3 aromatic heterocycles. The zero-order valence-electron chi connectivity index (χ0n) is 14.0. The summed E-state index contributed by atoms with van der Waals surface area (Å²) in [7, 11) is 3.70. The molecule has 3 heterocycles. The molecule has 0 amide bonds. The summed E-state index contributed by atoms with van der Waals surface area (Å²) in [6.07, 6.45) is 3.39. The quantitative estimate of drug-likeness (QED) is 0.499. The Kier molecular flexibility index (Phi) is 4.98. The molecule has 3 aromatic rings. The topological polar surface area (TPSA) is 112 Å². The van der Waals surface area contributed by atoms with Crippen LogP contribution >= 0.6 is 11.8 Å². The second-order valence-electron chi connectivity index (χ2n) is 5.28. The largest absolute Gasteiger partial charge is 0.461 e. The summed E-state index contributed by atoms with van der Waals surface area (Å²) in [5.41, 5.74) is 5.76. The van der Waals surface area contributed by atoms with Crippen LogP contribution in [0.4, 0.5) is 11.9 Å². The molecule has 3 rings (SSSR count). The zero-order chi connectivity index (χ0) is 17.8. The monoisotopic (exact) mass is 358 g/mol. The lowest BCUT2D eigenvalue weighted by Crippen LogP contribution is -2.16. The molecule has 10 heteroatoms. The minimum absolute atomic E-state index is 0.193. The summed E-state index contributed by atoms with van der Waals surface area (Å²) in [4.78, 5) is 14.4. The van der Waals surface area contributed by atoms with Gasteiger partial charge in [0, 0.05) is 20.6 Å².